The maximum Gasteiger partial charge on any atom is 0.148 e. The van der Waals surface area contributed by atoms with Crippen molar-refractivity contribution in [3.8, 4) is 24.1 Å². The van der Waals surface area contributed by atoms with Crippen LogP contribution in [0, 0.1) is 23.7 Å². The van der Waals surface area contributed by atoms with Crippen LogP contribution in [0.15, 0.2) is 18.3 Å². The number of nitrogens with zero attached hydrogens (tertiary/aromatic N) is 3. The Bertz CT molecular complexity index is 737. The maximum atomic E-state index is 9.07. The Kier molecular flexibility index (Phi) is 4.42. The van der Waals surface area contributed by atoms with Gasteiger partial charge >= 0.3 is 0 Å². The maximum absolute atomic E-state index is 9.07. The zero-order valence-corrected chi connectivity index (χ0v) is 12.3. The van der Waals surface area contributed by atoms with E-state index in [4.69, 9.17) is 46.5 Å². The average Bonchev–Trinajstić information content (AvgIpc) is 2.85. The standard InChI is InChI=1S/C13H7Cl3N4/c1-2-5-18-13-8(6-17)7-19-20(13)10-4-3-9(14)11(15)12(10)16/h1,3-4,7,18H,5H2. The van der Waals surface area contributed by atoms with E-state index in [0.717, 1.165) is 0 Å². The molecule has 0 aliphatic rings. The first-order chi connectivity index (χ1) is 9.60. The quantitative estimate of drug-likeness (QED) is 0.690. The van der Waals surface area contributed by atoms with Crippen molar-refractivity contribution in [2.75, 3.05) is 11.9 Å². The van der Waals surface area contributed by atoms with Gasteiger partial charge in [-0.25, -0.2) is 4.68 Å². The first kappa shape index (κ1) is 14.6. The summed E-state index contributed by atoms with van der Waals surface area (Å²) >= 11 is 18.1. The highest BCUT2D eigenvalue weighted by atomic mass is 35.5. The Morgan fingerprint density at radius 3 is 2.70 bits per heavy atom. The second kappa shape index (κ2) is 6.07. The molecule has 0 atom stereocenters. The van der Waals surface area contributed by atoms with Crippen LogP contribution < -0.4 is 5.32 Å². The third-order valence-corrected chi connectivity index (χ3v) is 3.77. The molecule has 0 bridgehead atoms. The SMILES string of the molecule is C#CCNc1c(C#N)cnn1-c1ccc(Cl)c(Cl)c1Cl. The van der Waals surface area contributed by atoms with E-state index in [9.17, 15) is 0 Å². The van der Waals surface area contributed by atoms with Crippen LogP contribution in [0.3, 0.4) is 0 Å². The van der Waals surface area contributed by atoms with Gasteiger partial charge in [0.15, 0.2) is 0 Å². The molecule has 0 amide bonds. The molecule has 20 heavy (non-hydrogen) atoms. The predicted octanol–water partition coefficient (Wildman–Crippen LogP) is 3.75. The van der Waals surface area contributed by atoms with Crippen molar-refractivity contribution in [3.63, 3.8) is 0 Å². The minimum Gasteiger partial charge on any atom is -0.358 e. The second-order valence-electron chi connectivity index (χ2n) is 3.68. The van der Waals surface area contributed by atoms with Gasteiger partial charge < -0.3 is 5.32 Å². The van der Waals surface area contributed by atoms with Gasteiger partial charge in [0, 0.05) is 0 Å². The van der Waals surface area contributed by atoms with Crippen LogP contribution in [0.2, 0.25) is 15.1 Å². The molecule has 7 heteroatoms. The number of hydrogen-bond donors (Lipinski definition) is 1. The van der Waals surface area contributed by atoms with Crippen LogP contribution in [0.4, 0.5) is 5.82 Å². The highest BCUT2D eigenvalue weighted by Gasteiger charge is 2.16. The third kappa shape index (κ3) is 2.55. The molecule has 1 aromatic carbocycles. The molecule has 1 aromatic heterocycles. The lowest BCUT2D eigenvalue weighted by atomic mass is 10.3. The van der Waals surface area contributed by atoms with Crippen molar-refractivity contribution in [2.45, 2.75) is 0 Å². The topological polar surface area (TPSA) is 53.6 Å². The van der Waals surface area contributed by atoms with Crippen LogP contribution in [0.5, 0.6) is 0 Å². The molecule has 0 spiro atoms. The Labute approximate surface area is 130 Å². The molecule has 2 aromatic rings. The Balaban J connectivity index is 2.59. The van der Waals surface area contributed by atoms with E-state index in [0.29, 0.717) is 22.1 Å². The minimum atomic E-state index is 0.225. The molecule has 0 unspecified atom stereocenters. The average molecular weight is 326 g/mol. The molecule has 0 aliphatic heterocycles. The van der Waals surface area contributed by atoms with Crippen molar-refractivity contribution >= 4 is 40.6 Å². The monoisotopic (exact) mass is 324 g/mol. The third-order valence-electron chi connectivity index (χ3n) is 2.49. The molecule has 0 saturated carbocycles. The summed E-state index contributed by atoms with van der Waals surface area (Å²) in [6.07, 6.45) is 6.62. The molecule has 1 N–H and O–H groups in total. The fourth-order valence-corrected chi connectivity index (χ4v) is 2.21. The van der Waals surface area contributed by atoms with Crippen LogP contribution >= 0.6 is 34.8 Å². The van der Waals surface area contributed by atoms with Gasteiger partial charge in [-0.15, -0.1) is 6.42 Å². The Morgan fingerprint density at radius 1 is 1.30 bits per heavy atom. The van der Waals surface area contributed by atoms with Crippen LogP contribution in [-0.4, -0.2) is 16.3 Å². The van der Waals surface area contributed by atoms with Crippen molar-refractivity contribution in [3.05, 3.63) is 39.0 Å². The summed E-state index contributed by atoms with van der Waals surface area (Å²) in [4.78, 5) is 0. The lowest BCUT2D eigenvalue weighted by Gasteiger charge is -2.11. The van der Waals surface area contributed by atoms with Crippen molar-refractivity contribution in [1.29, 1.82) is 5.26 Å². The van der Waals surface area contributed by atoms with E-state index in [1.807, 2.05) is 6.07 Å². The molecule has 0 fully saturated rings. The fraction of sp³-hybridized carbons (Fsp3) is 0.0769. The molecule has 100 valence electrons. The fourth-order valence-electron chi connectivity index (χ4n) is 1.60. The van der Waals surface area contributed by atoms with Gasteiger partial charge in [-0.3, -0.25) is 0 Å². The van der Waals surface area contributed by atoms with Crippen molar-refractivity contribution in [2.24, 2.45) is 0 Å². The van der Waals surface area contributed by atoms with E-state index in [2.05, 4.69) is 16.3 Å². The molecule has 0 saturated heterocycles. The number of terminal acetylenes is 1. The van der Waals surface area contributed by atoms with Crippen LogP contribution in [-0.2, 0) is 0 Å². The summed E-state index contributed by atoms with van der Waals surface area (Å²) in [5.74, 6) is 2.88. The summed E-state index contributed by atoms with van der Waals surface area (Å²) in [7, 11) is 0. The number of aromatic nitrogens is 2. The zero-order valence-electron chi connectivity index (χ0n) is 9.99. The molecule has 4 nitrogen and oxygen atoms in total. The largest absolute Gasteiger partial charge is 0.358 e. The van der Waals surface area contributed by atoms with Crippen molar-refractivity contribution in [1.82, 2.24) is 9.78 Å². The van der Waals surface area contributed by atoms with Crippen LogP contribution in [0.1, 0.15) is 5.56 Å². The highest BCUT2D eigenvalue weighted by molar-refractivity contribution is 6.48. The smallest absolute Gasteiger partial charge is 0.148 e. The van der Waals surface area contributed by atoms with E-state index in [-0.39, 0.29) is 16.6 Å². The summed E-state index contributed by atoms with van der Waals surface area (Å²) in [5.41, 5.74) is 0.851. The number of nitriles is 1. The van der Waals surface area contributed by atoms with E-state index < -0.39 is 0 Å². The Morgan fingerprint density at radius 2 is 2.05 bits per heavy atom. The van der Waals surface area contributed by atoms with Gasteiger partial charge in [0.2, 0.25) is 0 Å². The lowest BCUT2D eigenvalue weighted by molar-refractivity contribution is 0.883. The summed E-state index contributed by atoms with van der Waals surface area (Å²) < 4.78 is 1.46. The molecular formula is C13H7Cl3N4. The normalized spacial score (nSPS) is 9.85. The van der Waals surface area contributed by atoms with E-state index >= 15 is 0 Å². The molecule has 0 radical (unpaired) electrons. The van der Waals surface area contributed by atoms with E-state index in [1.165, 1.54) is 10.9 Å². The first-order valence-electron chi connectivity index (χ1n) is 5.39. The lowest BCUT2D eigenvalue weighted by Crippen LogP contribution is -2.08. The van der Waals surface area contributed by atoms with Crippen LogP contribution in [0.25, 0.3) is 5.69 Å². The van der Waals surface area contributed by atoms with Gasteiger partial charge in [0.05, 0.1) is 33.5 Å². The van der Waals surface area contributed by atoms with Gasteiger partial charge in [-0.1, -0.05) is 40.7 Å². The summed E-state index contributed by atoms with van der Waals surface area (Å²) in [5, 5.41) is 16.9. The minimum absolute atomic E-state index is 0.225. The second-order valence-corrected chi connectivity index (χ2v) is 4.85. The number of halogens is 3. The number of nitrogens with one attached hydrogen (secondary N) is 1. The number of benzene rings is 1. The highest BCUT2D eigenvalue weighted by Crippen LogP contribution is 2.35. The molecule has 2 rings (SSSR count). The summed E-state index contributed by atoms with van der Waals surface area (Å²) in [6, 6.07) is 5.28. The summed E-state index contributed by atoms with van der Waals surface area (Å²) in [6.45, 7) is 0.249. The molecule has 1 heterocycles. The van der Waals surface area contributed by atoms with E-state index in [1.54, 1.807) is 12.1 Å². The van der Waals surface area contributed by atoms with Gasteiger partial charge in [-0.2, -0.15) is 10.4 Å². The van der Waals surface area contributed by atoms with Gasteiger partial charge in [0.1, 0.15) is 17.5 Å². The number of anilines is 1. The molecule has 0 aliphatic carbocycles. The number of hydrogen-bond acceptors (Lipinski definition) is 3. The number of rotatable bonds is 3. The van der Waals surface area contributed by atoms with Crippen molar-refractivity contribution < 1.29 is 0 Å². The predicted molar refractivity (Wildman–Crippen MR) is 80.6 cm³/mol. The molecular weight excluding hydrogens is 319 g/mol. The van der Waals surface area contributed by atoms with Gasteiger partial charge in [0.25, 0.3) is 0 Å². The first-order valence-corrected chi connectivity index (χ1v) is 6.53. The zero-order chi connectivity index (χ0) is 14.7. The van der Waals surface area contributed by atoms with Gasteiger partial charge in [-0.05, 0) is 12.1 Å². The Hall–Kier alpha value is -1.85.